The molecule has 0 bridgehead atoms. The van der Waals surface area contributed by atoms with Crippen LogP contribution in [0.2, 0.25) is 0 Å². The number of carboxylic acids is 1. The number of hydrogen-bond donors (Lipinski definition) is 1. The summed E-state index contributed by atoms with van der Waals surface area (Å²) < 4.78 is 29.0. The molecule has 7 heteroatoms. The van der Waals surface area contributed by atoms with Gasteiger partial charge in [-0.3, -0.25) is 0 Å². The summed E-state index contributed by atoms with van der Waals surface area (Å²) in [5.74, 6) is -1.28. The van der Waals surface area contributed by atoms with Gasteiger partial charge >= 0.3 is 5.97 Å². The van der Waals surface area contributed by atoms with Crippen LogP contribution in [0.3, 0.4) is 0 Å². The fraction of sp³-hybridized carbons (Fsp3) is 0.571. The van der Waals surface area contributed by atoms with E-state index in [4.69, 9.17) is 9.84 Å². The van der Waals surface area contributed by atoms with Crippen LogP contribution in [0.5, 0.6) is 0 Å². The molecule has 14 heavy (non-hydrogen) atoms. The lowest BCUT2D eigenvalue weighted by atomic mass is 10.5. The number of ether oxygens (including phenoxy) is 1. The standard InChI is InChI=1S/C7H11NO5S/c9-7(10)1-6-14(11,12)8-2-4-13-5-3-8/h1,6H,2-5H2,(H,9,10)/b6-1+. The van der Waals surface area contributed by atoms with Gasteiger partial charge < -0.3 is 9.84 Å². The zero-order chi connectivity index (χ0) is 10.6. The van der Waals surface area contributed by atoms with Gasteiger partial charge in [0, 0.05) is 19.2 Å². The topological polar surface area (TPSA) is 83.9 Å². The van der Waals surface area contributed by atoms with Crippen molar-refractivity contribution in [3.63, 3.8) is 0 Å². The Bertz CT molecular complexity index is 328. The number of carboxylic acid groups (broad SMARTS) is 1. The molecule has 0 unspecified atom stereocenters. The summed E-state index contributed by atoms with van der Waals surface area (Å²) in [5, 5.41) is 8.98. The van der Waals surface area contributed by atoms with E-state index in [0.29, 0.717) is 24.7 Å². The number of morpholine rings is 1. The zero-order valence-corrected chi connectivity index (χ0v) is 8.24. The lowest BCUT2D eigenvalue weighted by Crippen LogP contribution is -2.39. The maximum atomic E-state index is 11.4. The van der Waals surface area contributed by atoms with Crippen LogP contribution >= 0.6 is 0 Å². The van der Waals surface area contributed by atoms with Gasteiger partial charge in [-0.15, -0.1) is 0 Å². The third kappa shape index (κ3) is 3.09. The Morgan fingerprint density at radius 2 is 1.93 bits per heavy atom. The summed E-state index contributed by atoms with van der Waals surface area (Å²) in [6.45, 7) is 1.23. The fourth-order valence-electron chi connectivity index (χ4n) is 1.03. The Balaban J connectivity index is 2.68. The summed E-state index contributed by atoms with van der Waals surface area (Å²) in [5.41, 5.74) is 0. The third-order valence-electron chi connectivity index (χ3n) is 1.71. The first-order chi connectivity index (χ1) is 6.52. The minimum absolute atomic E-state index is 0.270. The van der Waals surface area contributed by atoms with Crippen molar-refractivity contribution in [3.05, 3.63) is 11.5 Å². The van der Waals surface area contributed by atoms with Crippen molar-refractivity contribution in [2.45, 2.75) is 0 Å². The molecule has 1 saturated heterocycles. The summed E-state index contributed by atoms with van der Waals surface area (Å²) >= 11 is 0. The van der Waals surface area contributed by atoms with E-state index >= 15 is 0 Å². The second-order valence-electron chi connectivity index (χ2n) is 2.70. The van der Waals surface area contributed by atoms with Gasteiger partial charge in [0.25, 0.3) is 0 Å². The van der Waals surface area contributed by atoms with Gasteiger partial charge in [0.05, 0.1) is 18.6 Å². The van der Waals surface area contributed by atoms with Crippen LogP contribution in [-0.4, -0.2) is 50.1 Å². The first-order valence-corrected chi connectivity index (χ1v) is 5.51. The first kappa shape index (κ1) is 11.2. The Morgan fingerprint density at radius 3 is 2.43 bits per heavy atom. The van der Waals surface area contributed by atoms with Crippen molar-refractivity contribution in [3.8, 4) is 0 Å². The second kappa shape index (κ2) is 4.54. The van der Waals surface area contributed by atoms with Crippen molar-refractivity contribution >= 4 is 16.0 Å². The van der Waals surface area contributed by atoms with Gasteiger partial charge in [-0.1, -0.05) is 0 Å². The average Bonchev–Trinajstić information content (AvgIpc) is 2.16. The molecule has 1 rings (SSSR count). The van der Waals surface area contributed by atoms with Crippen LogP contribution in [-0.2, 0) is 19.6 Å². The minimum Gasteiger partial charge on any atom is -0.478 e. The summed E-state index contributed by atoms with van der Waals surface area (Å²) in [4.78, 5) is 10.1. The number of rotatable bonds is 3. The van der Waals surface area contributed by atoms with E-state index in [9.17, 15) is 13.2 Å². The van der Waals surface area contributed by atoms with Gasteiger partial charge in [0.1, 0.15) is 0 Å². The predicted octanol–water partition coefficient (Wildman–Crippen LogP) is -0.753. The van der Waals surface area contributed by atoms with E-state index in [0.717, 1.165) is 0 Å². The molecular weight excluding hydrogens is 210 g/mol. The highest BCUT2D eigenvalue weighted by Crippen LogP contribution is 2.06. The molecule has 0 atom stereocenters. The molecule has 1 fully saturated rings. The largest absolute Gasteiger partial charge is 0.478 e. The molecule has 0 spiro atoms. The molecular formula is C7H11NO5S. The monoisotopic (exact) mass is 221 g/mol. The van der Waals surface area contributed by atoms with Crippen LogP contribution in [0.1, 0.15) is 0 Å². The van der Waals surface area contributed by atoms with E-state index < -0.39 is 16.0 Å². The molecule has 1 aliphatic heterocycles. The molecule has 6 nitrogen and oxygen atoms in total. The van der Waals surface area contributed by atoms with Crippen LogP contribution in [0.4, 0.5) is 0 Å². The van der Waals surface area contributed by atoms with E-state index in [1.54, 1.807) is 0 Å². The van der Waals surface area contributed by atoms with E-state index in [-0.39, 0.29) is 13.1 Å². The van der Waals surface area contributed by atoms with Crippen molar-refractivity contribution in [2.75, 3.05) is 26.3 Å². The molecule has 0 aromatic carbocycles. The molecule has 0 aromatic heterocycles. The predicted molar refractivity (Wildman–Crippen MR) is 48.1 cm³/mol. The lowest BCUT2D eigenvalue weighted by Gasteiger charge is -2.24. The SMILES string of the molecule is O=C(O)/C=C/S(=O)(=O)N1CCOCC1. The van der Waals surface area contributed by atoms with Gasteiger partial charge in [0.15, 0.2) is 0 Å². The number of hydrogen-bond acceptors (Lipinski definition) is 4. The summed E-state index contributed by atoms with van der Waals surface area (Å²) in [7, 11) is -3.59. The maximum absolute atomic E-state index is 11.4. The molecule has 1 aliphatic rings. The quantitative estimate of drug-likeness (QED) is 0.634. The minimum atomic E-state index is -3.59. The normalized spacial score (nSPS) is 20.0. The first-order valence-electron chi connectivity index (χ1n) is 4.01. The van der Waals surface area contributed by atoms with Gasteiger partial charge in [-0.2, -0.15) is 4.31 Å². The number of nitrogens with zero attached hydrogens (tertiary/aromatic N) is 1. The Kier molecular flexibility index (Phi) is 3.62. The van der Waals surface area contributed by atoms with E-state index in [2.05, 4.69) is 0 Å². The number of aliphatic carboxylic acids is 1. The second-order valence-corrected chi connectivity index (χ2v) is 4.52. The van der Waals surface area contributed by atoms with Crippen molar-refractivity contribution in [1.82, 2.24) is 4.31 Å². The zero-order valence-electron chi connectivity index (χ0n) is 7.42. The molecule has 0 aromatic rings. The van der Waals surface area contributed by atoms with Gasteiger partial charge in [0.2, 0.25) is 10.0 Å². The summed E-state index contributed by atoms with van der Waals surface area (Å²) in [6.07, 6.45) is 0.616. The summed E-state index contributed by atoms with van der Waals surface area (Å²) in [6, 6.07) is 0. The number of sulfonamides is 1. The number of carbonyl (C=O) groups is 1. The van der Waals surface area contributed by atoms with Crippen molar-refractivity contribution in [1.29, 1.82) is 0 Å². The van der Waals surface area contributed by atoms with E-state index in [1.807, 2.05) is 0 Å². The Hall–Kier alpha value is -0.920. The lowest BCUT2D eigenvalue weighted by molar-refractivity contribution is -0.131. The highest BCUT2D eigenvalue weighted by molar-refractivity contribution is 7.92. The molecule has 80 valence electrons. The Labute approximate surface area is 81.8 Å². The molecule has 0 radical (unpaired) electrons. The van der Waals surface area contributed by atoms with Crippen molar-refractivity contribution < 1.29 is 23.1 Å². The van der Waals surface area contributed by atoms with Crippen LogP contribution < -0.4 is 0 Å². The highest BCUT2D eigenvalue weighted by Gasteiger charge is 2.21. The van der Waals surface area contributed by atoms with E-state index in [1.165, 1.54) is 4.31 Å². The highest BCUT2D eigenvalue weighted by atomic mass is 32.2. The molecule has 0 amide bonds. The molecule has 0 aliphatic carbocycles. The fourth-order valence-corrected chi connectivity index (χ4v) is 2.15. The molecule has 1 heterocycles. The molecule has 1 N–H and O–H groups in total. The smallest absolute Gasteiger partial charge is 0.329 e. The van der Waals surface area contributed by atoms with Crippen LogP contribution in [0.15, 0.2) is 11.5 Å². The van der Waals surface area contributed by atoms with Gasteiger partial charge in [-0.25, -0.2) is 13.2 Å². The Morgan fingerprint density at radius 1 is 1.36 bits per heavy atom. The van der Waals surface area contributed by atoms with Crippen LogP contribution in [0, 0.1) is 0 Å². The maximum Gasteiger partial charge on any atom is 0.329 e. The molecule has 0 saturated carbocycles. The van der Waals surface area contributed by atoms with Crippen molar-refractivity contribution in [2.24, 2.45) is 0 Å². The van der Waals surface area contributed by atoms with Gasteiger partial charge in [-0.05, 0) is 0 Å². The third-order valence-corrected chi connectivity index (χ3v) is 3.28. The average molecular weight is 221 g/mol. The van der Waals surface area contributed by atoms with Crippen LogP contribution in [0.25, 0.3) is 0 Å².